The van der Waals surface area contributed by atoms with Crippen LogP contribution in [0.4, 0.5) is 4.79 Å². The molecule has 84 heavy (non-hydrogen) atoms. The van der Waals surface area contributed by atoms with Crippen molar-refractivity contribution in [3.63, 3.8) is 0 Å². The molecule has 4 unspecified atom stereocenters. The van der Waals surface area contributed by atoms with Gasteiger partial charge in [-0.3, -0.25) is 38.7 Å². The van der Waals surface area contributed by atoms with Crippen LogP contribution in [0.3, 0.4) is 0 Å². The molecule has 7 aromatic rings. The highest BCUT2D eigenvalue weighted by atomic mass is 35.5. The predicted octanol–water partition coefficient (Wildman–Crippen LogP) is 10.0. The molecule has 0 aromatic heterocycles. The number of amides is 6. The molecule has 430 valence electrons. The summed E-state index contributed by atoms with van der Waals surface area (Å²) < 4.78 is 5.12. The number of carboxylic acid groups (broad SMARTS) is 4. The van der Waals surface area contributed by atoms with Gasteiger partial charge in [-0.1, -0.05) is 169 Å². The molecule has 4 atom stereocenters. The van der Waals surface area contributed by atoms with E-state index in [1.165, 1.54) is 41.3 Å². The van der Waals surface area contributed by atoms with E-state index in [4.69, 9.17) is 38.2 Å². The summed E-state index contributed by atoms with van der Waals surface area (Å²) in [5.74, 6) is -7.53. The Labute approximate surface area is 491 Å². The van der Waals surface area contributed by atoms with E-state index in [0.29, 0.717) is 24.9 Å². The maximum Gasteiger partial charge on any atom is 0.410 e. The van der Waals surface area contributed by atoms with E-state index in [-0.39, 0.29) is 74.8 Å². The van der Waals surface area contributed by atoms with Gasteiger partial charge in [-0.05, 0) is 78.4 Å². The number of carboxylic acids is 4. The van der Waals surface area contributed by atoms with Gasteiger partial charge in [-0.25, -0.2) is 24.0 Å². The monoisotopic (exact) mass is 1180 g/mol. The summed E-state index contributed by atoms with van der Waals surface area (Å²) in [6.07, 6.45) is 0.731. The summed E-state index contributed by atoms with van der Waals surface area (Å²) in [5.41, 5.74) is 3.89. The van der Waals surface area contributed by atoms with E-state index >= 15 is 0 Å². The third-order valence-electron chi connectivity index (χ3n) is 13.6. The third-order valence-corrected chi connectivity index (χ3v) is 14.2. The number of hydrogen-bond donors (Lipinski definition) is 5. The molecular weight excluding hydrogens is 1120 g/mol. The van der Waals surface area contributed by atoms with Crippen molar-refractivity contribution in [1.29, 1.82) is 0 Å². The molecule has 0 saturated carbocycles. The van der Waals surface area contributed by atoms with Crippen LogP contribution in [-0.2, 0) is 38.6 Å². The number of hydrogen-bond acceptors (Lipinski definition) is 11. The molecule has 19 nitrogen and oxygen atoms in total. The number of aromatic carboxylic acids is 1. The standard InChI is InChI=1S/C17H11Cl2NO4.C17H13NO4.C16H15NO3.C13H15NO4/c18-10-6-7-11(19)14-13(10)15(21)20(16(14)22)12(17(23)24)8-9-4-2-1-3-5-9;19-15-12-8-4-5-9-13(12)16(20)18(15)14(17(21)22)10-11-6-2-1-3-7-11;1-11(12-7-3-2-4-8-12)17-15(18)13-9-5-6-10-14(13)16(19)20;15-12(16)11-7-4-8-14(11)13(17)18-9-10-5-2-1-3-6-10/h1-7,12H,8H2,(H,23,24);1-9,14H,10H2,(H,21,22);2-11H,1H3,(H,17,18)(H,19,20);1-3,5-6,11H,4,7-9H2,(H,15,16). The van der Waals surface area contributed by atoms with Gasteiger partial charge in [0.1, 0.15) is 24.7 Å². The first-order valence-corrected chi connectivity index (χ1v) is 26.8. The van der Waals surface area contributed by atoms with Crippen molar-refractivity contribution >= 4 is 82.7 Å². The van der Waals surface area contributed by atoms with Crippen molar-refractivity contribution < 1.29 is 73.1 Å². The van der Waals surface area contributed by atoms with Gasteiger partial charge in [0.05, 0.1) is 49.5 Å². The molecule has 3 aliphatic heterocycles. The summed E-state index contributed by atoms with van der Waals surface area (Å²) in [7, 11) is 0. The van der Waals surface area contributed by atoms with Crippen molar-refractivity contribution in [2.75, 3.05) is 6.54 Å². The SMILES string of the molecule is CC(NC(=O)c1ccccc1C(=O)O)c1ccccc1.O=C(O)C(Cc1ccccc1)N1C(=O)c2c(Cl)ccc(Cl)c2C1=O.O=C(O)C(Cc1ccccc1)N1C(=O)c2ccccc2C1=O.O=C(O)C1CCCN1C(=O)OCc1ccccc1. The van der Waals surface area contributed by atoms with E-state index in [1.54, 1.807) is 78.9 Å². The van der Waals surface area contributed by atoms with E-state index in [9.17, 15) is 58.2 Å². The van der Waals surface area contributed by atoms with Crippen LogP contribution >= 0.6 is 23.2 Å². The molecule has 3 aliphatic rings. The number of ether oxygens (including phenoxy) is 1. The first-order chi connectivity index (χ1) is 40.3. The van der Waals surface area contributed by atoms with Gasteiger partial charge >= 0.3 is 30.0 Å². The lowest BCUT2D eigenvalue weighted by Crippen LogP contribution is -2.46. The topological polar surface area (TPSA) is 283 Å². The van der Waals surface area contributed by atoms with Crippen LogP contribution < -0.4 is 5.32 Å². The quantitative estimate of drug-likeness (QED) is 0.0597. The number of likely N-dealkylation sites (tertiary alicyclic amines) is 1. The Bertz CT molecular complexity index is 3520. The van der Waals surface area contributed by atoms with Crippen LogP contribution in [0.15, 0.2) is 182 Å². The molecule has 1 saturated heterocycles. The van der Waals surface area contributed by atoms with Crippen molar-refractivity contribution in [3.05, 3.63) is 248 Å². The Balaban J connectivity index is 0.000000162. The van der Waals surface area contributed by atoms with Crippen molar-refractivity contribution in [3.8, 4) is 0 Å². The van der Waals surface area contributed by atoms with E-state index in [2.05, 4.69) is 5.32 Å². The highest BCUT2D eigenvalue weighted by molar-refractivity contribution is 6.42. The van der Waals surface area contributed by atoms with Gasteiger partial charge in [0.15, 0.2) is 0 Å². The number of imide groups is 2. The summed E-state index contributed by atoms with van der Waals surface area (Å²) in [6, 6.07) is 48.4. The first kappa shape index (κ1) is 61.6. The fraction of sp³-hybridized carbons (Fsp3) is 0.175. The summed E-state index contributed by atoms with van der Waals surface area (Å²) in [4.78, 5) is 122. The number of nitrogens with one attached hydrogen (secondary N) is 1. The highest BCUT2D eigenvalue weighted by Crippen LogP contribution is 2.36. The smallest absolute Gasteiger partial charge is 0.410 e. The van der Waals surface area contributed by atoms with Gasteiger partial charge in [-0.2, -0.15) is 0 Å². The van der Waals surface area contributed by atoms with Crippen LogP contribution in [0.2, 0.25) is 10.0 Å². The molecule has 0 spiro atoms. The second kappa shape index (κ2) is 28.6. The molecule has 0 aliphatic carbocycles. The lowest BCUT2D eigenvalue weighted by atomic mass is 10.0. The number of carbonyl (C=O) groups excluding carboxylic acids is 6. The minimum absolute atomic E-state index is 0.00310. The molecule has 21 heteroatoms. The largest absolute Gasteiger partial charge is 0.480 e. The van der Waals surface area contributed by atoms with Crippen LogP contribution in [0.1, 0.15) is 110 Å². The van der Waals surface area contributed by atoms with Crippen LogP contribution in [0.5, 0.6) is 0 Å². The number of halogens is 2. The zero-order valence-corrected chi connectivity index (χ0v) is 46.3. The van der Waals surface area contributed by atoms with Crippen LogP contribution in [0, 0.1) is 0 Å². The molecule has 5 N–H and O–H groups in total. The van der Waals surface area contributed by atoms with Gasteiger partial charge in [0.2, 0.25) is 0 Å². The molecule has 1 fully saturated rings. The van der Waals surface area contributed by atoms with Gasteiger partial charge in [-0.15, -0.1) is 0 Å². The van der Waals surface area contributed by atoms with Crippen molar-refractivity contribution in [1.82, 2.24) is 20.0 Å². The average molecular weight is 1180 g/mol. The Morgan fingerprint density at radius 1 is 0.536 bits per heavy atom. The Hall–Kier alpha value is -9.98. The number of nitrogens with zero attached hydrogens (tertiary/aromatic N) is 3. The second-order valence-corrected chi connectivity index (χ2v) is 19.9. The number of carbonyl (C=O) groups is 10. The minimum Gasteiger partial charge on any atom is -0.480 e. The number of aliphatic carboxylic acids is 3. The maximum absolute atomic E-state index is 12.6. The Morgan fingerprint density at radius 2 is 0.940 bits per heavy atom. The Morgan fingerprint density at radius 3 is 1.38 bits per heavy atom. The van der Waals surface area contributed by atoms with Gasteiger partial charge in [0, 0.05) is 19.4 Å². The molecule has 10 rings (SSSR count). The summed E-state index contributed by atoms with van der Waals surface area (Å²) in [5, 5.41) is 40.0. The van der Waals surface area contributed by atoms with E-state index in [0.717, 1.165) is 26.5 Å². The molecule has 0 radical (unpaired) electrons. The lowest BCUT2D eigenvalue weighted by molar-refractivity contribution is -0.142. The maximum atomic E-state index is 12.6. The van der Waals surface area contributed by atoms with Gasteiger partial charge < -0.3 is 30.5 Å². The number of fused-ring (bicyclic) bond motifs is 2. The molecule has 3 heterocycles. The minimum atomic E-state index is -1.34. The summed E-state index contributed by atoms with van der Waals surface area (Å²) in [6.45, 7) is 2.48. The second-order valence-electron chi connectivity index (χ2n) is 19.1. The number of benzene rings is 7. The van der Waals surface area contributed by atoms with Crippen molar-refractivity contribution in [2.24, 2.45) is 0 Å². The molecular formula is C63H54Cl2N4O15. The average Bonchev–Trinajstić information content (AvgIpc) is 2.40. The fourth-order valence-corrected chi connectivity index (χ4v) is 9.82. The predicted molar refractivity (Wildman–Crippen MR) is 307 cm³/mol. The zero-order valence-electron chi connectivity index (χ0n) is 44.7. The number of rotatable bonds is 15. The molecule has 6 amide bonds. The van der Waals surface area contributed by atoms with Crippen LogP contribution in [-0.4, -0.2) is 119 Å². The molecule has 0 bridgehead atoms. The van der Waals surface area contributed by atoms with E-state index < -0.39 is 71.7 Å². The third kappa shape index (κ3) is 14.9. The summed E-state index contributed by atoms with van der Waals surface area (Å²) >= 11 is 12.0. The first-order valence-electron chi connectivity index (χ1n) is 26.0. The van der Waals surface area contributed by atoms with Crippen LogP contribution in [0.25, 0.3) is 0 Å². The Kier molecular flexibility index (Phi) is 21.0. The molecule has 7 aromatic carbocycles. The fourth-order valence-electron chi connectivity index (χ4n) is 9.34. The van der Waals surface area contributed by atoms with Gasteiger partial charge in [0.25, 0.3) is 29.5 Å². The van der Waals surface area contributed by atoms with E-state index in [1.807, 2.05) is 73.7 Å². The highest BCUT2D eigenvalue weighted by Gasteiger charge is 2.46. The van der Waals surface area contributed by atoms with Crippen molar-refractivity contribution in [2.45, 2.75) is 63.4 Å². The lowest BCUT2D eigenvalue weighted by Gasteiger charge is -2.22. The zero-order chi connectivity index (χ0) is 60.6. The normalized spacial score (nSPS) is 14.8.